The molecule has 78 valence electrons. The Labute approximate surface area is 83.5 Å². The van der Waals surface area contributed by atoms with E-state index in [0.29, 0.717) is 0 Å². The van der Waals surface area contributed by atoms with Crippen molar-refractivity contribution in [1.82, 2.24) is 4.90 Å². The molecule has 1 aliphatic rings. The topological polar surface area (TPSA) is 3.24 Å². The van der Waals surface area contributed by atoms with Crippen molar-refractivity contribution < 1.29 is 0 Å². The molecule has 0 aromatic heterocycles. The van der Waals surface area contributed by atoms with Gasteiger partial charge in [-0.05, 0) is 57.2 Å². The Morgan fingerprint density at radius 1 is 1.23 bits per heavy atom. The van der Waals surface area contributed by atoms with Gasteiger partial charge in [0.1, 0.15) is 0 Å². The van der Waals surface area contributed by atoms with Crippen LogP contribution in [-0.2, 0) is 0 Å². The summed E-state index contributed by atoms with van der Waals surface area (Å²) < 4.78 is 0. The van der Waals surface area contributed by atoms with Gasteiger partial charge in [-0.2, -0.15) is 0 Å². The first-order valence-electron chi connectivity index (χ1n) is 6.00. The molecule has 0 aromatic rings. The van der Waals surface area contributed by atoms with Gasteiger partial charge in [0.25, 0.3) is 0 Å². The molecule has 1 atom stereocenters. The van der Waals surface area contributed by atoms with Crippen LogP contribution < -0.4 is 0 Å². The third-order valence-corrected chi connectivity index (χ3v) is 3.31. The maximum Gasteiger partial charge on any atom is -0.00162 e. The first kappa shape index (κ1) is 11.0. The molecule has 0 amide bonds. The summed E-state index contributed by atoms with van der Waals surface area (Å²) in [5, 5.41) is 0. The quantitative estimate of drug-likeness (QED) is 0.586. The van der Waals surface area contributed by atoms with E-state index < -0.39 is 0 Å². The molecule has 0 aliphatic heterocycles. The Kier molecular flexibility index (Phi) is 4.79. The van der Waals surface area contributed by atoms with Crippen LogP contribution in [-0.4, -0.2) is 24.5 Å². The molecule has 0 radical (unpaired) electrons. The van der Waals surface area contributed by atoms with Crippen LogP contribution in [0.4, 0.5) is 0 Å². The Hall–Kier alpha value is -0.0400. The van der Waals surface area contributed by atoms with Crippen LogP contribution in [0, 0.1) is 11.8 Å². The second-order valence-electron chi connectivity index (χ2n) is 4.54. The Bertz CT molecular complexity index is 129. The summed E-state index contributed by atoms with van der Waals surface area (Å²) in [6.07, 6.45) is 5.71. The van der Waals surface area contributed by atoms with E-state index in [1.54, 1.807) is 0 Å². The monoisotopic (exact) mass is 183 g/mol. The van der Waals surface area contributed by atoms with Crippen molar-refractivity contribution in [3.8, 4) is 0 Å². The third kappa shape index (κ3) is 4.12. The van der Waals surface area contributed by atoms with E-state index in [1.165, 1.54) is 45.3 Å². The standard InChI is InChI=1S/C12H25N/c1-4-9-13(5-2)10-8-11(3)12-6-7-12/h11-12H,4-10H2,1-3H3. The molecule has 0 heterocycles. The maximum atomic E-state index is 2.58. The minimum atomic E-state index is 0.978. The van der Waals surface area contributed by atoms with Crippen LogP contribution in [0.3, 0.4) is 0 Å². The molecular weight excluding hydrogens is 158 g/mol. The minimum Gasteiger partial charge on any atom is -0.304 e. The number of rotatable bonds is 7. The lowest BCUT2D eigenvalue weighted by atomic mass is 10.0. The van der Waals surface area contributed by atoms with Crippen LogP contribution in [0.25, 0.3) is 0 Å². The molecular formula is C12H25N. The first-order chi connectivity index (χ1) is 6.27. The van der Waals surface area contributed by atoms with Gasteiger partial charge >= 0.3 is 0 Å². The van der Waals surface area contributed by atoms with Crippen molar-refractivity contribution in [2.45, 2.75) is 46.5 Å². The lowest BCUT2D eigenvalue weighted by molar-refractivity contribution is 0.260. The summed E-state index contributed by atoms with van der Waals surface area (Å²) in [5.41, 5.74) is 0. The van der Waals surface area contributed by atoms with Gasteiger partial charge < -0.3 is 4.90 Å². The molecule has 1 nitrogen and oxygen atoms in total. The second-order valence-corrected chi connectivity index (χ2v) is 4.54. The normalized spacial score (nSPS) is 19.4. The van der Waals surface area contributed by atoms with E-state index in [2.05, 4.69) is 25.7 Å². The van der Waals surface area contributed by atoms with E-state index in [4.69, 9.17) is 0 Å². The molecule has 0 bridgehead atoms. The average Bonchev–Trinajstić information content (AvgIpc) is 2.94. The van der Waals surface area contributed by atoms with Crippen molar-refractivity contribution in [3.63, 3.8) is 0 Å². The second kappa shape index (κ2) is 5.64. The van der Waals surface area contributed by atoms with Gasteiger partial charge in [0.2, 0.25) is 0 Å². The summed E-state index contributed by atoms with van der Waals surface area (Å²) in [6, 6.07) is 0. The van der Waals surface area contributed by atoms with E-state index in [1.807, 2.05) is 0 Å². The van der Waals surface area contributed by atoms with Gasteiger partial charge in [-0.25, -0.2) is 0 Å². The third-order valence-electron chi connectivity index (χ3n) is 3.31. The van der Waals surface area contributed by atoms with Crippen LogP contribution in [0.5, 0.6) is 0 Å². The zero-order chi connectivity index (χ0) is 9.68. The van der Waals surface area contributed by atoms with Crippen LogP contribution in [0.1, 0.15) is 46.5 Å². The van der Waals surface area contributed by atoms with Crippen molar-refractivity contribution in [1.29, 1.82) is 0 Å². The predicted octanol–water partition coefficient (Wildman–Crippen LogP) is 3.15. The fourth-order valence-electron chi connectivity index (χ4n) is 2.03. The molecule has 1 aliphatic carbocycles. The highest BCUT2D eigenvalue weighted by Gasteiger charge is 2.27. The fourth-order valence-corrected chi connectivity index (χ4v) is 2.03. The fraction of sp³-hybridized carbons (Fsp3) is 1.00. The Morgan fingerprint density at radius 3 is 2.38 bits per heavy atom. The highest BCUT2D eigenvalue weighted by atomic mass is 15.1. The molecule has 0 aromatic carbocycles. The molecule has 1 rings (SSSR count). The summed E-state index contributed by atoms with van der Waals surface area (Å²) in [4.78, 5) is 2.58. The molecule has 0 saturated heterocycles. The first-order valence-corrected chi connectivity index (χ1v) is 6.00. The van der Waals surface area contributed by atoms with Gasteiger partial charge in [0.15, 0.2) is 0 Å². The average molecular weight is 183 g/mol. The van der Waals surface area contributed by atoms with Crippen molar-refractivity contribution in [2.75, 3.05) is 19.6 Å². The van der Waals surface area contributed by atoms with Crippen molar-refractivity contribution in [3.05, 3.63) is 0 Å². The molecule has 1 fully saturated rings. The number of hydrogen-bond acceptors (Lipinski definition) is 1. The van der Waals surface area contributed by atoms with E-state index in [-0.39, 0.29) is 0 Å². The van der Waals surface area contributed by atoms with Gasteiger partial charge in [0, 0.05) is 0 Å². The van der Waals surface area contributed by atoms with Crippen LogP contribution in [0.15, 0.2) is 0 Å². The summed E-state index contributed by atoms with van der Waals surface area (Å²) >= 11 is 0. The zero-order valence-electron chi connectivity index (χ0n) is 9.55. The molecule has 1 unspecified atom stereocenters. The lowest BCUT2D eigenvalue weighted by Crippen LogP contribution is -2.26. The predicted molar refractivity (Wildman–Crippen MR) is 58.9 cm³/mol. The highest BCUT2D eigenvalue weighted by molar-refractivity contribution is 4.79. The van der Waals surface area contributed by atoms with Gasteiger partial charge in [-0.3, -0.25) is 0 Å². The van der Waals surface area contributed by atoms with Gasteiger partial charge in [-0.1, -0.05) is 20.8 Å². The SMILES string of the molecule is CCCN(CC)CCC(C)C1CC1. The zero-order valence-corrected chi connectivity index (χ0v) is 9.55. The minimum absolute atomic E-state index is 0.978. The molecule has 13 heavy (non-hydrogen) atoms. The molecule has 0 spiro atoms. The van der Waals surface area contributed by atoms with Crippen molar-refractivity contribution >= 4 is 0 Å². The Balaban J connectivity index is 2.06. The number of hydrogen-bond donors (Lipinski definition) is 0. The Morgan fingerprint density at radius 2 is 1.92 bits per heavy atom. The van der Waals surface area contributed by atoms with Crippen LogP contribution >= 0.6 is 0 Å². The maximum absolute atomic E-state index is 2.58. The van der Waals surface area contributed by atoms with Gasteiger partial charge in [0.05, 0.1) is 0 Å². The van der Waals surface area contributed by atoms with E-state index in [0.717, 1.165) is 11.8 Å². The summed E-state index contributed by atoms with van der Waals surface area (Å²) in [6.45, 7) is 10.8. The largest absolute Gasteiger partial charge is 0.304 e. The molecule has 1 saturated carbocycles. The van der Waals surface area contributed by atoms with Crippen molar-refractivity contribution in [2.24, 2.45) is 11.8 Å². The number of nitrogens with zero attached hydrogens (tertiary/aromatic N) is 1. The van der Waals surface area contributed by atoms with E-state index >= 15 is 0 Å². The summed E-state index contributed by atoms with van der Waals surface area (Å²) in [7, 11) is 0. The molecule has 1 heteroatoms. The molecule has 0 N–H and O–H groups in total. The van der Waals surface area contributed by atoms with E-state index in [9.17, 15) is 0 Å². The van der Waals surface area contributed by atoms with Gasteiger partial charge in [-0.15, -0.1) is 0 Å². The lowest BCUT2D eigenvalue weighted by Gasteiger charge is -2.21. The smallest absolute Gasteiger partial charge is 0.00162 e. The van der Waals surface area contributed by atoms with Crippen LogP contribution in [0.2, 0.25) is 0 Å². The highest BCUT2D eigenvalue weighted by Crippen LogP contribution is 2.38. The summed E-state index contributed by atoms with van der Waals surface area (Å²) in [5.74, 6) is 2.06.